The van der Waals surface area contributed by atoms with Crippen molar-refractivity contribution in [3.8, 4) is 0 Å². The Balaban J connectivity index is 1.96. The highest BCUT2D eigenvalue weighted by Crippen LogP contribution is 2.19. The number of nitrogens with zero attached hydrogens (tertiary/aromatic N) is 1. The van der Waals surface area contributed by atoms with E-state index in [1.54, 1.807) is 19.2 Å². The first-order valence-corrected chi connectivity index (χ1v) is 6.72. The number of piperidine rings is 1. The molecular weight excluding hydrogens is 242 g/mol. The molecule has 1 N–H and O–H groups in total. The van der Waals surface area contributed by atoms with Gasteiger partial charge in [0, 0.05) is 20.2 Å². The summed E-state index contributed by atoms with van der Waals surface area (Å²) in [6.45, 7) is 3.75. The van der Waals surface area contributed by atoms with E-state index in [0.29, 0.717) is 11.5 Å². The van der Waals surface area contributed by atoms with Crippen LogP contribution in [0, 0.1) is 5.92 Å². The molecule has 0 aromatic heterocycles. The van der Waals surface area contributed by atoms with Crippen molar-refractivity contribution < 1.29 is 14.6 Å². The lowest BCUT2D eigenvalue weighted by Crippen LogP contribution is -2.36. The normalized spacial score (nSPS) is 20.4. The van der Waals surface area contributed by atoms with E-state index < -0.39 is 5.97 Å². The number of hydrogen-bond donors (Lipinski definition) is 1. The van der Waals surface area contributed by atoms with Crippen LogP contribution in [0.2, 0.25) is 0 Å². The van der Waals surface area contributed by atoms with Crippen LogP contribution in [0.1, 0.15) is 28.8 Å². The largest absolute Gasteiger partial charge is 0.478 e. The van der Waals surface area contributed by atoms with Crippen LogP contribution in [0.3, 0.4) is 0 Å². The van der Waals surface area contributed by atoms with Crippen molar-refractivity contribution >= 4 is 5.97 Å². The minimum absolute atomic E-state index is 0.364. The van der Waals surface area contributed by atoms with Crippen LogP contribution in [-0.4, -0.2) is 42.8 Å². The lowest BCUT2D eigenvalue weighted by Gasteiger charge is -2.32. The summed E-state index contributed by atoms with van der Waals surface area (Å²) in [5.41, 5.74) is 1.43. The monoisotopic (exact) mass is 263 g/mol. The number of hydrogen-bond acceptors (Lipinski definition) is 3. The number of carboxylic acid groups (broad SMARTS) is 1. The van der Waals surface area contributed by atoms with Crippen molar-refractivity contribution in [2.75, 3.05) is 26.8 Å². The molecule has 1 aliphatic heterocycles. The highest BCUT2D eigenvalue weighted by molar-refractivity contribution is 5.87. The van der Waals surface area contributed by atoms with Gasteiger partial charge in [-0.3, -0.25) is 4.90 Å². The molecule has 1 fully saturated rings. The second-order valence-corrected chi connectivity index (χ2v) is 5.20. The summed E-state index contributed by atoms with van der Waals surface area (Å²) >= 11 is 0. The third-order valence-electron chi connectivity index (χ3n) is 3.59. The Morgan fingerprint density at radius 3 is 3.11 bits per heavy atom. The smallest absolute Gasteiger partial charge is 0.335 e. The fourth-order valence-electron chi connectivity index (χ4n) is 2.73. The van der Waals surface area contributed by atoms with Crippen molar-refractivity contribution in [3.05, 3.63) is 35.4 Å². The van der Waals surface area contributed by atoms with Gasteiger partial charge >= 0.3 is 5.97 Å². The lowest BCUT2D eigenvalue weighted by molar-refractivity contribution is 0.0696. The molecule has 1 saturated heterocycles. The first-order chi connectivity index (χ1) is 9.19. The van der Waals surface area contributed by atoms with E-state index in [1.807, 2.05) is 12.1 Å². The van der Waals surface area contributed by atoms with Gasteiger partial charge in [0.25, 0.3) is 0 Å². The second-order valence-electron chi connectivity index (χ2n) is 5.20. The zero-order chi connectivity index (χ0) is 13.7. The van der Waals surface area contributed by atoms with Gasteiger partial charge in [0.15, 0.2) is 0 Å². The Morgan fingerprint density at radius 2 is 2.37 bits per heavy atom. The van der Waals surface area contributed by atoms with Gasteiger partial charge < -0.3 is 9.84 Å². The molecular formula is C15H21NO3. The van der Waals surface area contributed by atoms with Gasteiger partial charge in [-0.1, -0.05) is 12.1 Å². The van der Waals surface area contributed by atoms with Crippen LogP contribution >= 0.6 is 0 Å². The Bertz CT molecular complexity index is 431. The van der Waals surface area contributed by atoms with Crippen molar-refractivity contribution in [1.29, 1.82) is 0 Å². The van der Waals surface area contributed by atoms with Crippen LogP contribution in [0.25, 0.3) is 0 Å². The number of aromatic carboxylic acids is 1. The maximum absolute atomic E-state index is 11.0. The van der Waals surface area contributed by atoms with Crippen molar-refractivity contribution in [3.63, 3.8) is 0 Å². The van der Waals surface area contributed by atoms with Gasteiger partial charge in [0.2, 0.25) is 0 Å². The molecule has 0 unspecified atom stereocenters. The first kappa shape index (κ1) is 14.0. The summed E-state index contributed by atoms with van der Waals surface area (Å²) in [6.07, 6.45) is 2.41. The standard InChI is InChI=1S/C15H21NO3/c1-19-11-13-5-3-7-16(10-13)9-12-4-2-6-14(8-12)15(17)18/h2,4,6,8,13H,3,5,7,9-11H2,1H3,(H,17,18)/t13-/m0/s1. The lowest BCUT2D eigenvalue weighted by atomic mass is 9.98. The summed E-state index contributed by atoms with van der Waals surface area (Å²) in [4.78, 5) is 13.3. The summed E-state index contributed by atoms with van der Waals surface area (Å²) < 4.78 is 5.23. The molecule has 1 aromatic carbocycles. The van der Waals surface area contributed by atoms with E-state index in [9.17, 15) is 4.79 Å². The molecule has 0 amide bonds. The second kappa shape index (κ2) is 6.68. The summed E-state index contributed by atoms with van der Waals surface area (Å²) in [5.74, 6) is -0.265. The molecule has 1 aromatic rings. The maximum Gasteiger partial charge on any atom is 0.335 e. The molecule has 1 aliphatic rings. The van der Waals surface area contributed by atoms with Crippen LogP contribution in [0.5, 0.6) is 0 Å². The molecule has 0 aliphatic carbocycles. The van der Waals surface area contributed by atoms with Gasteiger partial charge in [-0.25, -0.2) is 4.79 Å². The molecule has 4 nitrogen and oxygen atoms in total. The van der Waals surface area contributed by atoms with Crippen LogP contribution in [-0.2, 0) is 11.3 Å². The number of likely N-dealkylation sites (tertiary alicyclic amines) is 1. The summed E-state index contributed by atoms with van der Waals surface area (Å²) in [5, 5.41) is 9.00. The third kappa shape index (κ3) is 4.04. The summed E-state index contributed by atoms with van der Waals surface area (Å²) in [7, 11) is 1.75. The molecule has 104 valence electrons. The number of methoxy groups -OCH3 is 1. The van der Waals surface area contributed by atoms with E-state index in [-0.39, 0.29) is 0 Å². The average Bonchev–Trinajstić information content (AvgIpc) is 2.40. The Hall–Kier alpha value is -1.39. The van der Waals surface area contributed by atoms with E-state index in [0.717, 1.165) is 31.8 Å². The maximum atomic E-state index is 11.0. The molecule has 0 bridgehead atoms. The van der Waals surface area contributed by atoms with Crippen LogP contribution in [0.15, 0.2) is 24.3 Å². The predicted octanol–water partition coefficient (Wildman–Crippen LogP) is 2.24. The summed E-state index contributed by atoms with van der Waals surface area (Å²) in [6, 6.07) is 7.21. The average molecular weight is 263 g/mol. The van der Waals surface area contributed by atoms with Crippen molar-refractivity contribution in [1.82, 2.24) is 4.90 Å². The number of benzene rings is 1. The SMILES string of the molecule is COC[C@H]1CCCN(Cc2cccc(C(=O)O)c2)C1. The Morgan fingerprint density at radius 1 is 1.53 bits per heavy atom. The minimum atomic E-state index is -0.863. The molecule has 0 radical (unpaired) electrons. The van der Waals surface area contributed by atoms with E-state index in [2.05, 4.69) is 4.90 Å². The van der Waals surface area contributed by atoms with Gasteiger partial charge in [0.1, 0.15) is 0 Å². The highest BCUT2D eigenvalue weighted by atomic mass is 16.5. The molecule has 0 saturated carbocycles. The quantitative estimate of drug-likeness (QED) is 0.885. The zero-order valence-corrected chi connectivity index (χ0v) is 11.3. The van der Waals surface area contributed by atoms with Crippen LogP contribution < -0.4 is 0 Å². The Kier molecular flexibility index (Phi) is 4.93. The molecule has 0 spiro atoms. The van der Waals surface area contributed by atoms with E-state index >= 15 is 0 Å². The fourth-order valence-corrected chi connectivity index (χ4v) is 2.73. The van der Waals surface area contributed by atoms with Gasteiger partial charge in [-0.15, -0.1) is 0 Å². The van der Waals surface area contributed by atoms with E-state index in [1.165, 1.54) is 12.8 Å². The zero-order valence-electron chi connectivity index (χ0n) is 11.3. The molecule has 4 heteroatoms. The number of carboxylic acids is 1. The van der Waals surface area contributed by atoms with E-state index in [4.69, 9.17) is 9.84 Å². The van der Waals surface area contributed by atoms with Gasteiger partial charge in [0.05, 0.1) is 12.2 Å². The van der Waals surface area contributed by atoms with Gasteiger partial charge in [-0.05, 0) is 43.0 Å². The van der Waals surface area contributed by atoms with Crippen molar-refractivity contribution in [2.45, 2.75) is 19.4 Å². The van der Waals surface area contributed by atoms with Crippen LogP contribution in [0.4, 0.5) is 0 Å². The molecule has 19 heavy (non-hydrogen) atoms. The topological polar surface area (TPSA) is 49.8 Å². The van der Waals surface area contributed by atoms with Gasteiger partial charge in [-0.2, -0.15) is 0 Å². The minimum Gasteiger partial charge on any atom is -0.478 e. The fraction of sp³-hybridized carbons (Fsp3) is 0.533. The third-order valence-corrected chi connectivity index (χ3v) is 3.59. The number of ether oxygens (including phenoxy) is 1. The predicted molar refractivity (Wildman–Crippen MR) is 73.3 cm³/mol. The molecule has 1 heterocycles. The number of carbonyl (C=O) groups is 1. The first-order valence-electron chi connectivity index (χ1n) is 6.72. The molecule has 2 rings (SSSR count). The highest BCUT2D eigenvalue weighted by Gasteiger charge is 2.19. The molecule has 1 atom stereocenters. The Labute approximate surface area is 114 Å². The number of rotatable bonds is 5. The van der Waals surface area contributed by atoms with Crippen molar-refractivity contribution in [2.24, 2.45) is 5.92 Å².